The van der Waals surface area contributed by atoms with Crippen molar-refractivity contribution in [3.63, 3.8) is 0 Å². The third-order valence-corrected chi connectivity index (χ3v) is 3.58. The van der Waals surface area contributed by atoms with Gasteiger partial charge in [0.15, 0.2) is 0 Å². The smallest absolute Gasteiger partial charge is 0.118 e. The van der Waals surface area contributed by atoms with Crippen molar-refractivity contribution in [1.82, 2.24) is 5.32 Å². The minimum atomic E-state index is 0.628. The maximum atomic E-state index is 5.19. The molecule has 16 heavy (non-hydrogen) atoms. The van der Waals surface area contributed by atoms with Gasteiger partial charge in [0.05, 0.1) is 7.11 Å². The molecule has 88 valence electrons. The zero-order valence-electron chi connectivity index (χ0n) is 10.4. The zero-order chi connectivity index (χ0) is 11.5. The van der Waals surface area contributed by atoms with E-state index in [0.717, 1.165) is 5.75 Å². The number of hydrogen-bond donors (Lipinski definition) is 1. The molecule has 1 N–H and O–H groups in total. The Kier molecular flexibility index (Phi) is 3.49. The molecule has 1 aromatic carbocycles. The predicted octanol–water partition coefficient (Wildman–Crippen LogP) is 2.94. The van der Waals surface area contributed by atoms with E-state index in [0.29, 0.717) is 18.0 Å². The second-order valence-corrected chi connectivity index (χ2v) is 4.70. The van der Waals surface area contributed by atoms with Crippen LogP contribution < -0.4 is 10.1 Å². The zero-order valence-corrected chi connectivity index (χ0v) is 10.4. The van der Waals surface area contributed by atoms with E-state index in [-0.39, 0.29) is 0 Å². The highest BCUT2D eigenvalue weighted by Crippen LogP contribution is 2.33. The summed E-state index contributed by atoms with van der Waals surface area (Å²) in [6.07, 6.45) is 2.44. The van der Waals surface area contributed by atoms with Crippen LogP contribution in [-0.2, 0) is 0 Å². The van der Waals surface area contributed by atoms with E-state index in [9.17, 15) is 0 Å². The number of hydrogen-bond acceptors (Lipinski definition) is 2. The first-order chi connectivity index (χ1) is 7.74. The van der Waals surface area contributed by atoms with Crippen molar-refractivity contribution in [3.05, 3.63) is 29.8 Å². The summed E-state index contributed by atoms with van der Waals surface area (Å²) in [5, 5.41) is 3.65. The minimum absolute atomic E-state index is 0.628. The summed E-state index contributed by atoms with van der Waals surface area (Å²) >= 11 is 0. The van der Waals surface area contributed by atoms with Crippen molar-refractivity contribution < 1.29 is 4.74 Å². The monoisotopic (exact) mass is 219 g/mol. The van der Waals surface area contributed by atoms with Gasteiger partial charge in [-0.3, -0.25) is 0 Å². The lowest BCUT2D eigenvalue weighted by atomic mass is 9.90. The molecule has 0 spiro atoms. The topological polar surface area (TPSA) is 21.3 Å². The first-order valence-corrected chi connectivity index (χ1v) is 6.14. The molecular weight excluding hydrogens is 198 g/mol. The lowest BCUT2D eigenvalue weighted by Gasteiger charge is -2.18. The lowest BCUT2D eigenvalue weighted by molar-refractivity contribution is 0.414. The SMILES string of the molecule is CCC1NC(C)CC1c1ccc(OC)cc1. The molecule has 0 aliphatic carbocycles. The van der Waals surface area contributed by atoms with Crippen molar-refractivity contribution in [2.75, 3.05) is 7.11 Å². The normalized spacial score (nSPS) is 29.3. The van der Waals surface area contributed by atoms with Gasteiger partial charge >= 0.3 is 0 Å². The van der Waals surface area contributed by atoms with Crippen LogP contribution in [0.3, 0.4) is 0 Å². The second kappa shape index (κ2) is 4.88. The Bertz CT molecular complexity index is 333. The molecule has 3 unspecified atom stereocenters. The van der Waals surface area contributed by atoms with E-state index < -0.39 is 0 Å². The Morgan fingerprint density at radius 3 is 2.56 bits per heavy atom. The van der Waals surface area contributed by atoms with Gasteiger partial charge in [0.1, 0.15) is 5.75 Å². The highest BCUT2D eigenvalue weighted by Gasteiger charge is 2.30. The fourth-order valence-electron chi connectivity index (χ4n) is 2.72. The molecule has 1 fully saturated rings. The molecular formula is C14H21NO. The fourth-order valence-corrected chi connectivity index (χ4v) is 2.72. The van der Waals surface area contributed by atoms with Crippen molar-refractivity contribution in [3.8, 4) is 5.75 Å². The molecule has 0 saturated carbocycles. The van der Waals surface area contributed by atoms with E-state index in [2.05, 4.69) is 43.4 Å². The summed E-state index contributed by atoms with van der Waals surface area (Å²) in [6.45, 7) is 4.53. The third kappa shape index (κ3) is 2.22. The third-order valence-electron chi connectivity index (χ3n) is 3.58. The number of rotatable bonds is 3. The van der Waals surface area contributed by atoms with Gasteiger partial charge in [-0.2, -0.15) is 0 Å². The summed E-state index contributed by atoms with van der Waals surface area (Å²) in [7, 11) is 1.71. The highest BCUT2D eigenvalue weighted by molar-refractivity contribution is 5.31. The Morgan fingerprint density at radius 2 is 2.00 bits per heavy atom. The van der Waals surface area contributed by atoms with Gasteiger partial charge in [0, 0.05) is 18.0 Å². The lowest BCUT2D eigenvalue weighted by Crippen LogP contribution is -2.28. The number of ether oxygens (including phenoxy) is 1. The van der Waals surface area contributed by atoms with Gasteiger partial charge in [-0.25, -0.2) is 0 Å². The largest absolute Gasteiger partial charge is 0.497 e. The summed E-state index contributed by atoms with van der Waals surface area (Å²) in [4.78, 5) is 0. The summed E-state index contributed by atoms with van der Waals surface area (Å²) < 4.78 is 5.19. The van der Waals surface area contributed by atoms with Crippen LogP contribution in [0.5, 0.6) is 5.75 Å². The number of benzene rings is 1. The van der Waals surface area contributed by atoms with Crippen LogP contribution in [0, 0.1) is 0 Å². The van der Waals surface area contributed by atoms with Crippen LogP contribution in [0.1, 0.15) is 38.2 Å². The molecule has 0 radical (unpaired) electrons. The van der Waals surface area contributed by atoms with Gasteiger partial charge in [-0.05, 0) is 37.5 Å². The van der Waals surface area contributed by atoms with E-state index in [1.807, 2.05) is 0 Å². The number of nitrogens with one attached hydrogen (secondary N) is 1. The Hall–Kier alpha value is -1.02. The van der Waals surface area contributed by atoms with Crippen LogP contribution >= 0.6 is 0 Å². The van der Waals surface area contributed by atoms with Crippen LogP contribution in [0.15, 0.2) is 24.3 Å². The first-order valence-electron chi connectivity index (χ1n) is 6.14. The molecule has 0 aromatic heterocycles. The molecule has 1 aliphatic heterocycles. The van der Waals surface area contributed by atoms with E-state index in [4.69, 9.17) is 4.74 Å². The van der Waals surface area contributed by atoms with Gasteiger partial charge in [-0.1, -0.05) is 19.1 Å². The molecule has 1 aliphatic rings. The second-order valence-electron chi connectivity index (χ2n) is 4.70. The molecule has 1 heterocycles. The first kappa shape index (κ1) is 11.5. The quantitative estimate of drug-likeness (QED) is 0.844. The molecule has 2 heteroatoms. The molecule has 1 aromatic rings. The Labute approximate surface area is 98.0 Å². The summed E-state index contributed by atoms with van der Waals surface area (Å²) in [6, 6.07) is 9.79. The molecule has 2 nitrogen and oxygen atoms in total. The Balaban J connectivity index is 2.16. The van der Waals surface area contributed by atoms with Gasteiger partial charge in [-0.15, -0.1) is 0 Å². The van der Waals surface area contributed by atoms with Crippen LogP contribution in [0.4, 0.5) is 0 Å². The average Bonchev–Trinajstić information content (AvgIpc) is 2.70. The fraction of sp³-hybridized carbons (Fsp3) is 0.571. The van der Waals surface area contributed by atoms with Gasteiger partial charge in [0.25, 0.3) is 0 Å². The number of methoxy groups -OCH3 is 1. The molecule has 1 saturated heterocycles. The summed E-state index contributed by atoms with van der Waals surface area (Å²) in [5.41, 5.74) is 1.43. The van der Waals surface area contributed by atoms with Crippen LogP contribution in [-0.4, -0.2) is 19.2 Å². The molecule has 0 bridgehead atoms. The maximum Gasteiger partial charge on any atom is 0.118 e. The van der Waals surface area contributed by atoms with Crippen molar-refractivity contribution in [2.24, 2.45) is 0 Å². The van der Waals surface area contributed by atoms with Crippen molar-refractivity contribution >= 4 is 0 Å². The van der Waals surface area contributed by atoms with Crippen molar-refractivity contribution in [2.45, 2.75) is 44.7 Å². The molecule has 0 amide bonds. The van der Waals surface area contributed by atoms with E-state index >= 15 is 0 Å². The van der Waals surface area contributed by atoms with Crippen molar-refractivity contribution in [1.29, 1.82) is 0 Å². The van der Waals surface area contributed by atoms with Crippen LogP contribution in [0.2, 0.25) is 0 Å². The van der Waals surface area contributed by atoms with E-state index in [1.165, 1.54) is 18.4 Å². The minimum Gasteiger partial charge on any atom is -0.497 e. The van der Waals surface area contributed by atoms with Crippen LogP contribution in [0.25, 0.3) is 0 Å². The Morgan fingerprint density at radius 1 is 1.31 bits per heavy atom. The molecule has 2 rings (SSSR count). The van der Waals surface area contributed by atoms with Gasteiger partial charge < -0.3 is 10.1 Å². The predicted molar refractivity (Wildman–Crippen MR) is 67.0 cm³/mol. The van der Waals surface area contributed by atoms with E-state index in [1.54, 1.807) is 7.11 Å². The molecule has 3 atom stereocenters. The van der Waals surface area contributed by atoms with Gasteiger partial charge in [0.2, 0.25) is 0 Å². The summed E-state index contributed by atoms with van der Waals surface area (Å²) in [5.74, 6) is 1.60. The maximum absolute atomic E-state index is 5.19. The highest BCUT2D eigenvalue weighted by atomic mass is 16.5. The standard InChI is InChI=1S/C14H21NO/c1-4-14-13(9-10(2)15-14)11-5-7-12(16-3)8-6-11/h5-8,10,13-15H,4,9H2,1-3H3. The average molecular weight is 219 g/mol.